The summed E-state index contributed by atoms with van der Waals surface area (Å²) in [6, 6.07) is 3.21. The zero-order chi connectivity index (χ0) is 19.3. The van der Waals surface area contributed by atoms with Crippen LogP contribution in [0.5, 0.6) is 11.5 Å². The number of ether oxygens (including phenoxy) is 1. The molecule has 2 nitrogen and oxygen atoms in total. The van der Waals surface area contributed by atoms with Crippen LogP contribution in [-0.2, 0) is 6.37 Å². The second-order valence-electron chi connectivity index (χ2n) is 7.39. The van der Waals surface area contributed by atoms with Gasteiger partial charge < -0.3 is 9.84 Å². The highest BCUT2D eigenvalue weighted by Gasteiger charge is 2.45. The van der Waals surface area contributed by atoms with E-state index < -0.39 is 17.9 Å². The maximum atomic E-state index is 10.8. The van der Waals surface area contributed by atoms with Gasteiger partial charge in [-0.25, -0.2) is 0 Å². The standard InChI is InChI=1S/C21H30O2/c1-5-6-7-8-15-12-18(22)20-16-11-14(2)9-10-17(16)21(3,4)23-19(20)13-15/h11-13,16-17,22H,5-10H2,1-4H3/t16-,17-/m1/s1/i8D2,16D. The van der Waals surface area contributed by atoms with Gasteiger partial charge in [-0.15, -0.1) is 0 Å². The highest BCUT2D eigenvalue weighted by molar-refractivity contribution is 5.53. The smallest absolute Gasteiger partial charge is 0.127 e. The van der Waals surface area contributed by atoms with Gasteiger partial charge in [0.05, 0.1) is 0 Å². The third-order valence-corrected chi connectivity index (χ3v) is 5.05. The molecule has 0 unspecified atom stereocenters. The predicted molar refractivity (Wildman–Crippen MR) is 95.3 cm³/mol. The van der Waals surface area contributed by atoms with Crippen molar-refractivity contribution in [1.82, 2.24) is 0 Å². The summed E-state index contributed by atoms with van der Waals surface area (Å²) < 4.78 is 32.2. The minimum Gasteiger partial charge on any atom is -0.507 e. The normalized spacial score (nSPS) is 30.9. The SMILES string of the molecule is [2H]C([2H])(CCCC)c1cc(O)c2c(c1)OC(C)(C)[C@@H]1CCC(C)=C[C@@]21[2H]. The van der Waals surface area contributed by atoms with Crippen LogP contribution in [-0.4, -0.2) is 10.7 Å². The van der Waals surface area contributed by atoms with E-state index in [1.165, 1.54) is 6.07 Å². The summed E-state index contributed by atoms with van der Waals surface area (Å²) in [5, 5.41) is 10.8. The Morgan fingerprint density at radius 1 is 1.39 bits per heavy atom. The fourth-order valence-electron chi connectivity index (χ4n) is 3.77. The summed E-state index contributed by atoms with van der Waals surface area (Å²) in [5.74, 6) is -0.681. The van der Waals surface area contributed by atoms with Gasteiger partial charge in [-0.05, 0) is 64.1 Å². The van der Waals surface area contributed by atoms with Crippen LogP contribution >= 0.6 is 0 Å². The number of allylic oxidation sites excluding steroid dienone is 2. The van der Waals surface area contributed by atoms with Gasteiger partial charge >= 0.3 is 0 Å². The monoisotopic (exact) mass is 317 g/mol. The van der Waals surface area contributed by atoms with Crippen LogP contribution in [0.25, 0.3) is 0 Å². The average molecular weight is 317 g/mol. The van der Waals surface area contributed by atoms with Gasteiger partial charge in [0.1, 0.15) is 17.1 Å². The van der Waals surface area contributed by atoms with E-state index in [1.54, 1.807) is 6.07 Å². The third-order valence-electron chi connectivity index (χ3n) is 5.05. The minimum absolute atomic E-state index is 0.0284. The number of unbranched alkanes of at least 4 members (excludes halogenated alkanes) is 1. The largest absolute Gasteiger partial charge is 0.507 e. The molecule has 1 aliphatic carbocycles. The van der Waals surface area contributed by atoms with Crippen molar-refractivity contribution in [3.63, 3.8) is 0 Å². The Bertz CT molecular complexity index is 739. The molecule has 126 valence electrons. The van der Waals surface area contributed by atoms with E-state index in [-0.39, 0.29) is 11.7 Å². The number of fused-ring (bicyclic) bond motifs is 3. The second-order valence-corrected chi connectivity index (χ2v) is 7.39. The molecule has 1 aliphatic heterocycles. The lowest BCUT2D eigenvalue weighted by atomic mass is 9.68. The summed E-state index contributed by atoms with van der Waals surface area (Å²) in [6.45, 7) is 8.05. The van der Waals surface area contributed by atoms with Crippen LogP contribution in [0.2, 0.25) is 0 Å². The van der Waals surface area contributed by atoms with Crippen molar-refractivity contribution in [2.75, 3.05) is 0 Å². The Labute approximate surface area is 144 Å². The third kappa shape index (κ3) is 3.13. The molecule has 0 saturated heterocycles. The Morgan fingerprint density at radius 3 is 2.91 bits per heavy atom. The molecule has 0 aromatic heterocycles. The summed E-state index contributed by atoms with van der Waals surface area (Å²) in [5.41, 5.74) is 1.52. The lowest BCUT2D eigenvalue weighted by Crippen LogP contribution is -2.45. The van der Waals surface area contributed by atoms with Crippen LogP contribution in [0.1, 0.15) is 80.9 Å². The van der Waals surface area contributed by atoms with Gasteiger partial charge in [-0.2, -0.15) is 0 Å². The number of aromatic hydroxyl groups is 1. The molecule has 0 bridgehead atoms. The van der Waals surface area contributed by atoms with Gasteiger partial charge in [-0.3, -0.25) is 0 Å². The molecule has 23 heavy (non-hydrogen) atoms. The molecular formula is C21H30O2. The Balaban J connectivity index is 2.15. The van der Waals surface area contributed by atoms with Gasteiger partial charge in [0, 0.05) is 21.5 Å². The molecule has 0 fully saturated rings. The molecule has 2 aliphatic rings. The van der Waals surface area contributed by atoms with Crippen molar-refractivity contribution in [2.24, 2.45) is 5.92 Å². The van der Waals surface area contributed by atoms with Gasteiger partial charge in [0.15, 0.2) is 0 Å². The topological polar surface area (TPSA) is 29.5 Å². The maximum absolute atomic E-state index is 10.8. The van der Waals surface area contributed by atoms with E-state index in [1.807, 2.05) is 33.8 Å². The van der Waals surface area contributed by atoms with Crippen molar-refractivity contribution in [1.29, 1.82) is 0 Å². The van der Waals surface area contributed by atoms with Gasteiger partial charge in [-0.1, -0.05) is 31.4 Å². The van der Waals surface area contributed by atoms with Gasteiger partial charge in [0.25, 0.3) is 0 Å². The van der Waals surface area contributed by atoms with Crippen molar-refractivity contribution < 1.29 is 14.0 Å². The van der Waals surface area contributed by atoms with Crippen LogP contribution in [0.4, 0.5) is 0 Å². The first-order valence-electron chi connectivity index (χ1n) is 10.3. The highest BCUT2D eigenvalue weighted by atomic mass is 16.5. The molecule has 2 atom stereocenters. The zero-order valence-corrected chi connectivity index (χ0v) is 14.7. The zero-order valence-electron chi connectivity index (χ0n) is 17.7. The number of rotatable bonds is 4. The van der Waals surface area contributed by atoms with Crippen molar-refractivity contribution >= 4 is 0 Å². The van der Waals surface area contributed by atoms with E-state index in [2.05, 4.69) is 0 Å². The summed E-state index contributed by atoms with van der Waals surface area (Å²) >= 11 is 0. The minimum atomic E-state index is -1.53. The summed E-state index contributed by atoms with van der Waals surface area (Å²) in [6.07, 6.45) is 4.31. The fraction of sp³-hybridized carbons (Fsp3) is 0.619. The van der Waals surface area contributed by atoms with Crippen LogP contribution in [0.15, 0.2) is 23.8 Å². The van der Waals surface area contributed by atoms with E-state index in [4.69, 9.17) is 7.48 Å². The van der Waals surface area contributed by atoms with Crippen molar-refractivity contribution in [2.45, 2.75) is 77.7 Å². The summed E-state index contributed by atoms with van der Waals surface area (Å²) in [7, 11) is 0. The summed E-state index contributed by atoms with van der Waals surface area (Å²) in [4.78, 5) is 0. The van der Waals surface area contributed by atoms with Crippen LogP contribution < -0.4 is 4.74 Å². The van der Waals surface area contributed by atoms with E-state index in [9.17, 15) is 6.48 Å². The molecule has 3 rings (SSSR count). The Morgan fingerprint density at radius 2 is 2.17 bits per heavy atom. The molecule has 1 aromatic carbocycles. The van der Waals surface area contributed by atoms with Crippen molar-refractivity contribution in [3.05, 3.63) is 34.9 Å². The van der Waals surface area contributed by atoms with E-state index in [0.717, 1.165) is 31.3 Å². The molecule has 0 radical (unpaired) electrons. The maximum Gasteiger partial charge on any atom is 0.127 e. The van der Waals surface area contributed by atoms with Crippen molar-refractivity contribution in [3.8, 4) is 11.5 Å². The molecule has 0 saturated carbocycles. The lowest BCUT2D eigenvalue weighted by molar-refractivity contribution is 0.0107. The number of phenols is 1. The predicted octanol–water partition coefficient (Wildman–Crippen LogP) is 5.74. The van der Waals surface area contributed by atoms with Crippen LogP contribution in [0, 0.1) is 5.92 Å². The highest BCUT2D eigenvalue weighted by Crippen LogP contribution is 2.53. The molecule has 1 heterocycles. The molecule has 0 amide bonds. The number of hydrogen-bond acceptors (Lipinski definition) is 2. The molecular weight excluding hydrogens is 284 g/mol. The van der Waals surface area contributed by atoms with E-state index >= 15 is 0 Å². The number of phenolic OH excluding ortho intramolecular Hbond substituents is 1. The fourth-order valence-corrected chi connectivity index (χ4v) is 3.77. The second kappa shape index (κ2) is 6.22. The first-order chi connectivity index (χ1) is 12.0. The quantitative estimate of drug-likeness (QED) is 0.718. The lowest BCUT2D eigenvalue weighted by Gasteiger charge is -2.46. The molecule has 1 N–H and O–H groups in total. The Hall–Kier alpha value is -1.44. The Kier molecular flexibility index (Phi) is 3.49. The number of aryl methyl sites for hydroxylation is 1. The van der Waals surface area contributed by atoms with Crippen LogP contribution in [0.3, 0.4) is 0 Å². The first kappa shape index (κ1) is 12.9. The first-order valence-corrected chi connectivity index (χ1v) is 8.76. The molecule has 1 aromatic rings. The molecule has 2 heteroatoms. The van der Waals surface area contributed by atoms with E-state index in [0.29, 0.717) is 23.3 Å². The number of benzene rings is 1. The van der Waals surface area contributed by atoms with Gasteiger partial charge in [0.2, 0.25) is 0 Å². The average Bonchev–Trinajstić information content (AvgIpc) is 2.50. The molecule has 0 spiro atoms. The number of hydrogen-bond donors (Lipinski definition) is 1.